The number of carbonyl (C=O) groups is 2. The second-order valence-electron chi connectivity index (χ2n) is 10.1. The lowest BCUT2D eigenvalue weighted by Gasteiger charge is -2.45. The Morgan fingerprint density at radius 2 is 1.46 bits per heavy atom. The number of fused-ring (bicyclic) bond motifs is 1. The molecule has 0 spiro atoms. The molecule has 178 valence electrons. The average Bonchev–Trinajstić information content (AvgIpc) is 3.40. The first kappa shape index (κ1) is 22.1. The predicted molar refractivity (Wildman–Crippen MR) is 137 cm³/mol. The van der Waals surface area contributed by atoms with Gasteiger partial charge in [-0.15, -0.1) is 0 Å². The Morgan fingerprint density at radius 1 is 0.800 bits per heavy atom. The minimum atomic E-state index is -0.606. The molecule has 2 amide bonds. The van der Waals surface area contributed by atoms with Gasteiger partial charge in [-0.25, -0.2) is 0 Å². The molecule has 4 aliphatic rings. The van der Waals surface area contributed by atoms with Crippen molar-refractivity contribution in [3.8, 4) is 0 Å². The number of hydrogen-bond acceptors (Lipinski definition) is 3. The van der Waals surface area contributed by atoms with Gasteiger partial charge in [-0.2, -0.15) is 0 Å². The van der Waals surface area contributed by atoms with E-state index in [1.54, 1.807) is 0 Å². The van der Waals surface area contributed by atoms with Crippen molar-refractivity contribution in [1.82, 2.24) is 10.2 Å². The Kier molecular flexibility index (Phi) is 5.86. The van der Waals surface area contributed by atoms with Crippen LogP contribution in [0.5, 0.6) is 0 Å². The Morgan fingerprint density at radius 3 is 2.14 bits per heavy atom. The van der Waals surface area contributed by atoms with E-state index in [1.807, 2.05) is 18.2 Å². The molecule has 1 aliphatic heterocycles. The van der Waals surface area contributed by atoms with Crippen LogP contribution in [0.3, 0.4) is 0 Å². The average molecular weight is 466 g/mol. The molecule has 1 unspecified atom stereocenters. The summed E-state index contributed by atoms with van der Waals surface area (Å²) in [6, 6.07) is 25.2. The van der Waals surface area contributed by atoms with E-state index in [-0.39, 0.29) is 11.8 Å². The molecule has 5 heteroatoms. The van der Waals surface area contributed by atoms with Crippen LogP contribution in [0.25, 0.3) is 0 Å². The van der Waals surface area contributed by atoms with Gasteiger partial charge < -0.3 is 10.6 Å². The molecular formula is C30H31N3O2. The molecule has 1 fully saturated rings. The van der Waals surface area contributed by atoms with Crippen LogP contribution in [0.2, 0.25) is 0 Å². The molecule has 0 saturated carbocycles. The number of nitrogens with one attached hydrogen (secondary N) is 2. The van der Waals surface area contributed by atoms with Crippen molar-refractivity contribution in [2.75, 3.05) is 25.0 Å². The Hall–Kier alpha value is -3.44. The monoisotopic (exact) mass is 465 g/mol. The Balaban J connectivity index is 1.11. The number of likely N-dealkylation sites (tertiary alicyclic amines) is 1. The van der Waals surface area contributed by atoms with E-state index in [9.17, 15) is 9.59 Å². The van der Waals surface area contributed by atoms with Crippen molar-refractivity contribution in [2.24, 2.45) is 5.92 Å². The first-order valence-corrected chi connectivity index (χ1v) is 12.8. The van der Waals surface area contributed by atoms with Gasteiger partial charge in [0.2, 0.25) is 0 Å². The predicted octanol–water partition coefficient (Wildman–Crippen LogP) is 4.63. The number of amides is 2. The van der Waals surface area contributed by atoms with Crippen LogP contribution in [-0.4, -0.2) is 36.3 Å². The fourth-order valence-electron chi connectivity index (χ4n) is 6.40. The van der Waals surface area contributed by atoms with Crippen LogP contribution in [-0.2, 0) is 16.1 Å². The molecule has 2 bridgehead atoms. The van der Waals surface area contributed by atoms with Crippen molar-refractivity contribution in [3.63, 3.8) is 0 Å². The molecule has 3 aliphatic carbocycles. The molecule has 3 aromatic carbocycles. The molecule has 2 N–H and O–H groups in total. The summed E-state index contributed by atoms with van der Waals surface area (Å²) in [5, 5.41) is 5.72. The van der Waals surface area contributed by atoms with Crippen molar-refractivity contribution in [3.05, 3.63) is 101 Å². The number of rotatable bonds is 5. The van der Waals surface area contributed by atoms with Gasteiger partial charge in [0.1, 0.15) is 0 Å². The Labute approximate surface area is 206 Å². The van der Waals surface area contributed by atoms with E-state index in [0.29, 0.717) is 18.2 Å². The van der Waals surface area contributed by atoms with Crippen LogP contribution < -0.4 is 10.6 Å². The van der Waals surface area contributed by atoms with Gasteiger partial charge in [0.05, 0.1) is 0 Å². The highest BCUT2D eigenvalue weighted by molar-refractivity contribution is 6.39. The van der Waals surface area contributed by atoms with Gasteiger partial charge in [-0.05, 0) is 78.2 Å². The summed E-state index contributed by atoms with van der Waals surface area (Å²) in [7, 11) is 0. The highest BCUT2D eigenvalue weighted by atomic mass is 16.2. The van der Waals surface area contributed by atoms with Crippen LogP contribution in [0.4, 0.5) is 5.69 Å². The summed E-state index contributed by atoms with van der Waals surface area (Å²) < 4.78 is 0. The SMILES string of the molecule is O=C(NCC1CC2c3ccccc3C1c1ccccc12)C(=O)Nc1cccc(CN2CCCC2)c1. The third-order valence-electron chi connectivity index (χ3n) is 7.94. The molecule has 7 rings (SSSR count). The van der Waals surface area contributed by atoms with Crippen molar-refractivity contribution >= 4 is 17.5 Å². The van der Waals surface area contributed by atoms with E-state index in [1.165, 1.54) is 35.1 Å². The number of anilines is 1. The van der Waals surface area contributed by atoms with E-state index < -0.39 is 11.8 Å². The molecule has 1 heterocycles. The van der Waals surface area contributed by atoms with E-state index in [2.05, 4.69) is 70.1 Å². The smallest absolute Gasteiger partial charge is 0.313 e. The molecular weight excluding hydrogens is 434 g/mol. The summed E-state index contributed by atoms with van der Waals surface area (Å²) in [5.74, 6) is -0.312. The lowest BCUT2D eigenvalue weighted by atomic mass is 9.59. The van der Waals surface area contributed by atoms with Crippen molar-refractivity contribution < 1.29 is 9.59 Å². The first-order valence-electron chi connectivity index (χ1n) is 12.8. The Bertz CT molecular complexity index is 1220. The normalized spacial score (nSPS) is 22.3. The second kappa shape index (κ2) is 9.31. The second-order valence-corrected chi connectivity index (χ2v) is 10.1. The maximum Gasteiger partial charge on any atom is 0.313 e. The highest BCUT2D eigenvalue weighted by Crippen LogP contribution is 2.55. The lowest BCUT2D eigenvalue weighted by Crippen LogP contribution is -2.42. The van der Waals surface area contributed by atoms with Gasteiger partial charge >= 0.3 is 11.8 Å². The standard InChI is InChI=1S/C30H31N3O2/c34-29(30(35)32-22-9-7-8-20(16-22)19-33-14-5-6-15-33)31-18-21-17-27-23-10-1-3-12-25(23)28(21)26-13-4-2-11-24(26)27/h1-4,7-13,16,21,27-28H,5-6,14-15,17-19H2,(H,31,34)(H,32,35). The summed E-state index contributed by atoms with van der Waals surface area (Å²) in [5.41, 5.74) is 7.36. The highest BCUT2D eigenvalue weighted by Gasteiger charge is 2.43. The van der Waals surface area contributed by atoms with Crippen molar-refractivity contribution in [1.29, 1.82) is 0 Å². The van der Waals surface area contributed by atoms with Crippen LogP contribution >= 0.6 is 0 Å². The largest absolute Gasteiger partial charge is 0.348 e. The van der Waals surface area contributed by atoms with Crippen LogP contribution in [0, 0.1) is 5.92 Å². The van der Waals surface area contributed by atoms with Gasteiger partial charge in [-0.1, -0.05) is 60.7 Å². The third-order valence-corrected chi connectivity index (χ3v) is 7.94. The number of hydrogen-bond donors (Lipinski definition) is 2. The minimum Gasteiger partial charge on any atom is -0.348 e. The van der Waals surface area contributed by atoms with Crippen molar-refractivity contribution in [2.45, 2.75) is 37.6 Å². The summed E-state index contributed by atoms with van der Waals surface area (Å²) in [6.45, 7) is 3.61. The fourth-order valence-corrected chi connectivity index (χ4v) is 6.40. The van der Waals surface area contributed by atoms with Crippen LogP contribution in [0.15, 0.2) is 72.8 Å². The summed E-state index contributed by atoms with van der Waals surface area (Å²) in [4.78, 5) is 27.8. The molecule has 1 saturated heterocycles. The minimum absolute atomic E-state index is 0.248. The zero-order chi connectivity index (χ0) is 23.8. The zero-order valence-corrected chi connectivity index (χ0v) is 19.9. The molecule has 5 nitrogen and oxygen atoms in total. The summed E-state index contributed by atoms with van der Waals surface area (Å²) in [6.07, 6.45) is 3.48. The van der Waals surface area contributed by atoms with E-state index >= 15 is 0 Å². The van der Waals surface area contributed by atoms with Gasteiger partial charge in [0.25, 0.3) is 0 Å². The molecule has 1 atom stereocenters. The maximum absolute atomic E-state index is 12.7. The zero-order valence-electron chi connectivity index (χ0n) is 19.9. The number of carbonyl (C=O) groups excluding carboxylic acids is 2. The molecule has 0 aromatic heterocycles. The number of benzene rings is 3. The number of nitrogens with zero attached hydrogens (tertiary/aromatic N) is 1. The van der Waals surface area contributed by atoms with E-state index in [4.69, 9.17) is 0 Å². The van der Waals surface area contributed by atoms with Gasteiger partial charge in [0.15, 0.2) is 0 Å². The topological polar surface area (TPSA) is 61.4 Å². The van der Waals surface area contributed by atoms with E-state index in [0.717, 1.165) is 31.6 Å². The quantitative estimate of drug-likeness (QED) is 0.540. The van der Waals surface area contributed by atoms with Crippen LogP contribution in [0.1, 0.15) is 58.9 Å². The fraction of sp³-hybridized carbons (Fsp3) is 0.333. The molecule has 0 radical (unpaired) electrons. The lowest BCUT2D eigenvalue weighted by molar-refractivity contribution is -0.136. The molecule has 35 heavy (non-hydrogen) atoms. The third kappa shape index (κ3) is 4.25. The first-order chi connectivity index (χ1) is 17.2. The molecule has 3 aromatic rings. The van der Waals surface area contributed by atoms with Gasteiger partial charge in [-0.3, -0.25) is 14.5 Å². The van der Waals surface area contributed by atoms with Gasteiger partial charge in [0, 0.05) is 30.6 Å². The maximum atomic E-state index is 12.7. The summed E-state index contributed by atoms with van der Waals surface area (Å²) >= 11 is 0.